The standard InChI is InChI=1S/C12H15F3N2O2/c1-2-3-8(7-11(18)19)17-9-4-5-16-10(6-9)12(13,14)15/h4-6,8H,2-3,7H2,1H3,(H,16,17)(H,18,19). The van der Waals surface area contributed by atoms with Crippen LogP contribution >= 0.6 is 0 Å². The number of nitrogens with zero attached hydrogens (tertiary/aromatic N) is 1. The largest absolute Gasteiger partial charge is 0.481 e. The molecule has 0 aliphatic rings. The lowest BCUT2D eigenvalue weighted by atomic mass is 10.1. The first-order chi connectivity index (χ1) is 8.82. The van der Waals surface area contributed by atoms with E-state index in [-0.39, 0.29) is 12.1 Å². The van der Waals surface area contributed by atoms with E-state index in [1.807, 2.05) is 6.92 Å². The maximum absolute atomic E-state index is 12.5. The van der Waals surface area contributed by atoms with Crippen molar-refractivity contribution in [1.29, 1.82) is 0 Å². The van der Waals surface area contributed by atoms with Crippen molar-refractivity contribution in [2.75, 3.05) is 5.32 Å². The number of rotatable bonds is 6. The van der Waals surface area contributed by atoms with Crippen LogP contribution in [0.3, 0.4) is 0 Å². The molecule has 1 atom stereocenters. The molecule has 1 heterocycles. The van der Waals surface area contributed by atoms with Gasteiger partial charge in [0.1, 0.15) is 5.69 Å². The van der Waals surface area contributed by atoms with Crippen LogP contribution in [0.4, 0.5) is 18.9 Å². The summed E-state index contributed by atoms with van der Waals surface area (Å²) < 4.78 is 37.4. The van der Waals surface area contributed by atoms with E-state index in [1.165, 1.54) is 6.07 Å². The van der Waals surface area contributed by atoms with Crippen LogP contribution in [-0.2, 0) is 11.0 Å². The Hall–Kier alpha value is -1.79. The molecule has 0 bridgehead atoms. The minimum absolute atomic E-state index is 0.141. The SMILES string of the molecule is CCCC(CC(=O)O)Nc1ccnc(C(F)(F)F)c1. The van der Waals surface area contributed by atoms with Crippen molar-refractivity contribution >= 4 is 11.7 Å². The average molecular weight is 276 g/mol. The van der Waals surface area contributed by atoms with E-state index in [2.05, 4.69) is 10.3 Å². The van der Waals surface area contributed by atoms with Gasteiger partial charge in [-0.3, -0.25) is 9.78 Å². The lowest BCUT2D eigenvalue weighted by Gasteiger charge is -2.18. The zero-order valence-electron chi connectivity index (χ0n) is 10.4. The summed E-state index contributed by atoms with van der Waals surface area (Å²) in [6.07, 6.45) is -2.30. The van der Waals surface area contributed by atoms with Gasteiger partial charge in [-0.2, -0.15) is 13.2 Å². The fourth-order valence-electron chi connectivity index (χ4n) is 1.70. The number of anilines is 1. The Morgan fingerprint density at radius 1 is 1.53 bits per heavy atom. The third kappa shape index (κ3) is 5.15. The van der Waals surface area contributed by atoms with E-state index in [4.69, 9.17) is 5.11 Å². The molecule has 0 amide bonds. The predicted octanol–water partition coefficient (Wildman–Crippen LogP) is 3.16. The van der Waals surface area contributed by atoms with Crippen LogP contribution in [0.1, 0.15) is 31.9 Å². The Morgan fingerprint density at radius 3 is 2.74 bits per heavy atom. The summed E-state index contributed by atoms with van der Waals surface area (Å²) in [5, 5.41) is 11.5. The second-order valence-electron chi connectivity index (χ2n) is 4.16. The molecule has 1 rings (SSSR count). The highest BCUT2D eigenvalue weighted by molar-refractivity contribution is 5.68. The van der Waals surface area contributed by atoms with Gasteiger partial charge in [-0.15, -0.1) is 0 Å². The monoisotopic (exact) mass is 276 g/mol. The first kappa shape index (κ1) is 15.3. The van der Waals surface area contributed by atoms with Crippen molar-refractivity contribution < 1.29 is 23.1 Å². The van der Waals surface area contributed by atoms with Crippen molar-refractivity contribution in [3.05, 3.63) is 24.0 Å². The molecule has 106 valence electrons. The number of carboxylic acids is 1. The zero-order valence-corrected chi connectivity index (χ0v) is 10.4. The molecule has 0 saturated carbocycles. The number of aromatic nitrogens is 1. The summed E-state index contributed by atoms with van der Waals surface area (Å²) in [5.41, 5.74) is -0.773. The molecule has 0 radical (unpaired) electrons. The van der Waals surface area contributed by atoms with E-state index in [0.717, 1.165) is 18.7 Å². The highest BCUT2D eigenvalue weighted by Gasteiger charge is 2.32. The van der Waals surface area contributed by atoms with Crippen molar-refractivity contribution in [2.45, 2.75) is 38.4 Å². The summed E-state index contributed by atoms with van der Waals surface area (Å²) in [5.74, 6) is -0.990. The molecule has 0 fully saturated rings. The molecule has 4 nitrogen and oxygen atoms in total. The fourth-order valence-corrected chi connectivity index (χ4v) is 1.70. The molecule has 7 heteroatoms. The zero-order chi connectivity index (χ0) is 14.5. The Balaban J connectivity index is 2.81. The number of aliphatic carboxylic acids is 1. The fraction of sp³-hybridized carbons (Fsp3) is 0.500. The normalized spacial score (nSPS) is 13.1. The molecule has 0 spiro atoms. The van der Waals surface area contributed by atoms with Crippen molar-refractivity contribution in [3.8, 4) is 0 Å². The number of hydrogen-bond donors (Lipinski definition) is 2. The number of hydrogen-bond acceptors (Lipinski definition) is 3. The molecule has 2 N–H and O–H groups in total. The van der Waals surface area contributed by atoms with E-state index in [1.54, 1.807) is 0 Å². The van der Waals surface area contributed by atoms with Gasteiger partial charge in [-0.25, -0.2) is 0 Å². The van der Waals surface area contributed by atoms with Gasteiger partial charge in [0.05, 0.1) is 6.42 Å². The minimum Gasteiger partial charge on any atom is -0.481 e. The Bertz CT molecular complexity index is 435. The molecule has 0 saturated heterocycles. The summed E-state index contributed by atoms with van der Waals surface area (Å²) in [6, 6.07) is 1.87. The summed E-state index contributed by atoms with van der Waals surface area (Å²) in [4.78, 5) is 13.9. The van der Waals surface area contributed by atoms with Gasteiger partial charge in [-0.1, -0.05) is 13.3 Å². The van der Waals surface area contributed by atoms with Gasteiger partial charge in [0.15, 0.2) is 0 Å². The highest BCUT2D eigenvalue weighted by Crippen LogP contribution is 2.29. The van der Waals surface area contributed by atoms with Crippen LogP contribution in [0.25, 0.3) is 0 Å². The van der Waals surface area contributed by atoms with Gasteiger partial charge in [-0.05, 0) is 18.6 Å². The molecule has 19 heavy (non-hydrogen) atoms. The molecule has 0 aliphatic heterocycles. The lowest BCUT2D eigenvalue weighted by Crippen LogP contribution is -2.23. The minimum atomic E-state index is -4.51. The second-order valence-corrected chi connectivity index (χ2v) is 4.16. The van der Waals surface area contributed by atoms with E-state index in [0.29, 0.717) is 6.42 Å². The number of nitrogens with one attached hydrogen (secondary N) is 1. The van der Waals surface area contributed by atoms with Gasteiger partial charge >= 0.3 is 12.1 Å². The van der Waals surface area contributed by atoms with Gasteiger partial charge in [0.2, 0.25) is 0 Å². The molecule has 1 aromatic heterocycles. The Kier molecular flexibility index (Phi) is 5.14. The number of carboxylic acid groups (broad SMARTS) is 1. The summed E-state index contributed by atoms with van der Waals surface area (Å²) in [7, 11) is 0. The quantitative estimate of drug-likeness (QED) is 0.837. The highest BCUT2D eigenvalue weighted by atomic mass is 19.4. The van der Waals surface area contributed by atoms with Crippen molar-refractivity contribution in [3.63, 3.8) is 0 Å². The first-order valence-electron chi connectivity index (χ1n) is 5.84. The van der Waals surface area contributed by atoms with Crippen LogP contribution in [0.15, 0.2) is 18.3 Å². The molecule has 1 aromatic rings. The smallest absolute Gasteiger partial charge is 0.433 e. The number of halogens is 3. The molecule has 1 unspecified atom stereocenters. The first-order valence-corrected chi connectivity index (χ1v) is 5.84. The number of carbonyl (C=O) groups is 1. The van der Waals surface area contributed by atoms with Crippen molar-refractivity contribution in [1.82, 2.24) is 4.98 Å². The summed E-state index contributed by atoms with van der Waals surface area (Å²) in [6.45, 7) is 1.88. The summed E-state index contributed by atoms with van der Waals surface area (Å²) >= 11 is 0. The number of pyridine rings is 1. The Morgan fingerprint density at radius 2 is 2.21 bits per heavy atom. The topological polar surface area (TPSA) is 62.2 Å². The average Bonchev–Trinajstić information content (AvgIpc) is 2.27. The third-order valence-corrected chi connectivity index (χ3v) is 2.48. The predicted molar refractivity (Wildman–Crippen MR) is 63.8 cm³/mol. The maximum Gasteiger partial charge on any atom is 0.433 e. The third-order valence-electron chi connectivity index (χ3n) is 2.48. The Labute approximate surface area is 108 Å². The van der Waals surface area contributed by atoms with Gasteiger partial charge in [0.25, 0.3) is 0 Å². The van der Waals surface area contributed by atoms with Crippen molar-refractivity contribution in [2.24, 2.45) is 0 Å². The van der Waals surface area contributed by atoms with Crippen LogP contribution in [0.2, 0.25) is 0 Å². The molecule has 0 aromatic carbocycles. The second kappa shape index (κ2) is 6.40. The molecular weight excluding hydrogens is 261 g/mol. The van der Waals surface area contributed by atoms with E-state index >= 15 is 0 Å². The maximum atomic E-state index is 12.5. The van der Waals surface area contributed by atoms with Gasteiger partial charge < -0.3 is 10.4 Å². The van der Waals surface area contributed by atoms with Crippen LogP contribution in [-0.4, -0.2) is 22.1 Å². The lowest BCUT2D eigenvalue weighted by molar-refractivity contribution is -0.141. The van der Waals surface area contributed by atoms with E-state index < -0.39 is 23.9 Å². The molecular formula is C12H15F3N2O2. The van der Waals surface area contributed by atoms with Crippen LogP contribution in [0, 0.1) is 0 Å². The molecule has 0 aliphatic carbocycles. The van der Waals surface area contributed by atoms with Crippen LogP contribution < -0.4 is 5.32 Å². The van der Waals surface area contributed by atoms with Crippen LogP contribution in [0.5, 0.6) is 0 Å². The van der Waals surface area contributed by atoms with E-state index in [9.17, 15) is 18.0 Å². The number of alkyl halides is 3. The van der Waals surface area contributed by atoms with Gasteiger partial charge in [0, 0.05) is 17.9 Å².